The number of aryl methyl sites for hydroxylation is 1. The highest BCUT2D eigenvalue weighted by atomic mass is 35.5. The van der Waals surface area contributed by atoms with Gasteiger partial charge < -0.3 is 15.3 Å². The first-order valence-corrected chi connectivity index (χ1v) is 6.88. The van der Waals surface area contributed by atoms with Gasteiger partial charge in [0.1, 0.15) is 5.75 Å². The van der Waals surface area contributed by atoms with E-state index in [0.29, 0.717) is 5.02 Å². The van der Waals surface area contributed by atoms with Crippen LogP contribution in [0.15, 0.2) is 6.07 Å². The van der Waals surface area contributed by atoms with Gasteiger partial charge in [0.05, 0.1) is 5.02 Å². The normalized spacial score (nSPS) is 17.1. The number of rotatable bonds is 3. The Morgan fingerprint density at radius 2 is 2.00 bits per heavy atom. The van der Waals surface area contributed by atoms with Crippen molar-refractivity contribution < 1.29 is 5.11 Å². The topological polar surface area (TPSA) is 35.5 Å². The van der Waals surface area contributed by atoms with Crippen LogP contribution in [0.4, 0.5) is 0 Å². The molecule has 2 N–H and O–H groups in total. The molecular formula is C14H21ClN2O. The Morgan fingerprint density at radius 3 is 2.67 bits per heavy atom. The summed E-state index contributed by atoms with van der Waals surface area (Å²) in [6.45, 7) is 9.47. The third kappa shape index (κ3) is 2.97. The third-order valence-corrected chi connectivity index (χ3v) is 4.20. The summed E-state index contributed by atoms with van der Waals surface area (Å²) in [5.41, 5.74) is 3.42. The Hall–Kier alpha value is -0.770. The van der Waals surface area contributed by atoms with Crippen molar-refractivity contribution >= 4 is 11.6 Å². The van der Waals surface area contributed by atoms with Crippen molar-refractivity contribution in [1.82, 2.24) is 10.2 Å². The van der Waals surface area contributed by atoms with Gasteiger partial charge in [0.2, 0.25) is 0 Å². The second-order valence-electron chi connectivity index (χ2n) is 4.97. The SMILES string of the molecule is Cc1cc(O)c(Cl)c(C)c1CCN1CCNCC1. The zero-order chi connectivity index (χ0) is 13.1. The largest absolute Gasteiger partial charge is 0.506 e. The van der Waals surface area contributed by atoms with Crippen molar-refractivity contribution in [3.05, 3.63) is 27.8 Å². The zero-order valence-corrected chi connectivity index (χ0v) is 11.8. The van der Waals surface area contributed by atoms with E-state index in [1.165, 1.54) is 5.56 Å². The van der Waals surface area contributed by atoms with Gasteiger partial charge in [0, 0.05) is 32.7 Å². The smallest absolute Gasteiger partial charge is 0.134 e. The van der Waals surface area contributed by atoms with E-state index < -0.39 is 0 Å². The molecule has 100 valence electrons. The van der Waals surface area contributed by atoms with Crippen LogP contribution in [0.3, 0.4) is 0 Å². The number of aromatic hydroxyl groups is 1. The highest BCUT2D eigenvalue weighted by Crippen LogP contribution is 2.31. The predicted octanol–water partition coefficient (Wildman–Crippen LogP) is 2.11. The van der Waals surface area contributed by atoms with Crippen molar-refractivity contribution in [2.45, 2.75) is 20.3 Å². The number of hydrogen-bond acceptors (Lipinski definition) is 3. The average Bonchev–Trinajstić information content (AvgIpc) is 2.37. The number of benzene rings is 1. The molecule has 1 aromatic carbocycles. The summed E-state index contributed by atoms with van der Waals surface area (Å²) in [7, 11) is 0. The van der Waals surface area contributed by atoms with Gasteiger partial charge in [0.25, 0.3) is 0 Å². The molecular weight excluding hydrogens is 248 g/mol. The van der Waals surface area contributed by atoms with Crippen LogP contribution >= 0.6 is 11.6 Å². The van der Waals surface area contributed by atoms with Crippen LogP contribution in [0.2, 0.25) is 5.02 Å². The molecule has 1 saturated heterocycles. The third-order valence-electron chi connectivity index (χ3n) is 3.72. The highest BCUT2D eigenvalue weighted by Gasteiger charge is 2.14. The number of phenolic OH excluding ortho intramolecular Hbond substituents is 1. The van der Waals surface area contributed by atoms with Crippen LogP contribution in [-0.4, -0.2) is 42.7 Å². The van der Waals surface area contributed by atoms with Crippen molar-refractivity contribution in [2.24, 2.45) is 0 Å². The maximum absolute atomic E-state index is 9.67. The Kier molecular flexibility index (Phi) is 4.49. The molecule has 3 nitrogen and oxygen atoms in total. The van der Waals surface area contributed by atoms with Crippen LogP contribution < -0.4 is 5.32 Å². The van der Waals surface area contributed by atoms with E-state index >= 15 is 0 Å². The molecule has 0 aromatic heterocycles. The molecule has 0 saturated carbocycles. The maximum atomic E-state index is 9.67. The quantitative estimate of drug-likeness (QED) is 0.881. The van der Waals surface area contributed by atoms with E-state index in [2.05, 4.69) is 10.2 Å². The summed E-state index contributed by atoms with van der Waals surface area (Å²) in [4.78, 5) is 2.47. The van der Waals surface area contributed by atoms with Gasteiger partial charge in [-0.15, -0.1) is 0 Å². The second kappa shape index (κ2) is 5.91. The van der Waals surface area contributed by atoms with E-state index in [0.717, 1.165) is 50.3 Å². The highest BCUT2D eigenvalue weighted by molar-refractivity contribution is 6.32. The number of halogens is 1. The molecule has 2 rings (SSSR count). The lowest BCUT2D eigenvalue weighted by atomic mass is 9.99. The van der Waals surface area contributed by atoms with Gasteiger partial charge in [-0.25, -0.2) is 0 Å². The van der Waals surface area contributed by atoms with Crippen molar-refractivity contribution in [1.29, 1.82) is 0 Å². The van der Waals surface area contributed by atoms with Gasteiger partial charge in [-0.3, -0.25) is 0 Å². The van der Waals surface area contributed by atoms with Gasteiger partial charge in [-0.05, 0) is 43.0 Å². The first-order chi connectivity index (χ1) is 8.59. The lowest BCUT2D eigenvalue weighted by molar-refractivity contribution is 0.243. The standard InChI is InChI=1S/C14H21ClN2O/c1-10-9-13(18)14(15)11(2)12(10)3-6-17-7-4-16-5-8-17/h9,16,18H,3-8H2,1-2H3. The van der Waals surface area contributed by atoms with Crippen molar-refractivity contribution in [3.63, 3.8) is 0 Å². The number of phenols is 1. The Bertz CT molecular complexity index is 428. The number of piperazine rings is 1. The first kappa shape index (κ1) is 13.7. The molecule has 1 aromatic rings. The molecule has 18 heavy (non-hydrogen) atoms. The summed E-state index contributed by atoms with van der Waals surface area (Å²) >= 11 is 6.10. The summed E-state index contributed by atoms with van der Waals surface area (Å²) in [5, 5.41) is 13.5. The van der Waals surface area contributed by atoms with Crippen LogP contribution in [-0.2, 0) is 6.42 Å². The lowest BCUT2D eigenvalue weighted by Gasteiger charge is -2.27. The van der Waals surface area contributed by atoms with Crippen LogP contribution in [0, 0.1) is 13.8 Å². The Labute approximate surface area is 114 Å². The average molecular weight is 269 g/mol. The summed E-state index contributed by atoms with van der Waals surface area (Å²) < 4.78 is 0. The van der Waals surface area contributed by atoms with Crippen molar-refractivity contribution in [2.75, 3.05) is 32.7 Å². The molecule has 0 atom stereocenters. The molecule has 1 aliphatic rings. The summed E-state index contributed by atoms with van der Waals surface area (Å²) in [6.07, 6.45) is 0.998. The van der Waals surface area contributed by atoms with Crippen LogP contribution in [0.25, 0.3) is 0 Å². The molecule has 0 spiro atoms. The van der Waals surface area contributed by atoms with Gasteiger partial charge >= 0.3 is 0 Å². The second-order valence-corrected chi connectivity index (χ2v) is 5.35. The van der Waals surface area contributed by atoms with E-state index in [4.69, 9.17) is 11.6 Å². The van der Waals surface area contributed by atoms with E-state index in [9.17, 15) is 5.11 Å². The number of nitrogens with one attached hydrogen (secondary N) is 1. The molecule has 1 heterocycles. The fourth-order valence-electron chi connectivity index (χ4n) is 2.57. The minimum Gasteiger partial charge on any atom is -0.506 e. The number of hydrogen-bond donors (Lipinski definition) is 2. The maximum Gasteiger partial charge on any atom is 0.134 e. The van der Waals surface area contributed by atoms with E-state index in [1.54, 1.807) is 6.07 Å². The van der Waals surface area contributed by atoms with E-state index in [1.807, 2.05) is 13.8 Å². The molecule has 0 aliphatic carbocycles. The Balaban J connectivity index is 2.06. The molecule has 0 radical (unpaired) electrons. The van der Waals surface area contributed by atoms with Gasteiger partial charge in [-0.1, -0.05) is 11.6 Å². The molecule has 1 fully saturated rings. The van der Waals surface area contributed by atoms with E-state index in [-0.39, 0.29) is 5.75 Å². The van der Waals surface area contributed by atoms with Gasteiger partial charge in [0.15, 0.2) is 0 Å². The van der Waals surface area contributed by atoms with Gasteiger partial charge in [-0.2, -0.15) is 0 Å². The molecule has 0 unspecified atom stereocenters. The van der Waals surface area contributed by atoms with Crippen LogP contribution in [0.5, 0.6) is 5.75 Å². The van der Waals surface area contributed by atoms with Crippen LogP contribution in [0.1, 0.15) is 16.7 Å². The minimum absolute atomic E-state index is 0.192. The zero-order valence-electron chi connectivity index (χ0n) is 11.1. The Morgan fingerprint density at radius 1 is 1.33 bits per heavy atom. The fraction of sp³-hybridized carbons (Fsp3) is 0.571. The summed E-state index contributed by atoms with van der Waals surface area (Å²) in [5.74, 6) is 0.192. The summed E-state index contributed by atoms with van der Waals surface area (Å²) in [6, 6.07) is 1.77. The lowest BCUT2D eigenvalue weighted by Crippen LogP contribution is -2.44. The molecule has 0 bridgehead atoms. The molecule has 1 aliphatic heterocycles. The predicted molar refractivity (Wildman–Crippen MR) is 75.6 cm³/mol. The number of nitrogens with zero attached hydrogens (tertiary/aromatic N) is 1. The monoisotopic (exact) mass is 268 g/mol. The molecule has 0 amide bonds. The first-order valence-electron chi connectivity index (χ1n) is 6.50. The fourth-order valence-corrected chi connectivity index (χ4v) is 2.73. The molecule has 4 heteroatoms. The van der Waals surface area contributed by atoms with Crippen molar-refractivity contribution in [3.8, 4) is 5.75 Å². The minimum atomic E-state index is 0.192.